The number of rotatable bonds is 4. The summed E-state index contributed by atoms with van der Waals surface area (Å²) in [6.45, 7) is 2.21. The van der Waals surface area contributed by atoms with Gasteiger partial charge in [-0.05, 0) is 43.6 Å². The molecule has 0 saturated heterocycles. The van der Waals surface area contributed by atoms with Gasteiger partial charge in [-0.25, -0.2) is 4.98 Å². The van der Waals surface area contributed by atoms with Crippen LogP contribution in [-0.2, 0) is 24.7 Å². The second-order valence-electron chi connectivity index (χ2n) is 7.52. The molecular weight excluding hydrogens is 366 g/mol. The van der Waals surface area contributed by atoms with Crippen molar-refractivity contribution in [2.24, 2.45) is 13.0 Å². The SMILES string of the molecule is C[C@@H]1CCCC[C@H]1NC(=O)CSc1nc2sc3c(c2c(=O)n1C)CCC3. The minimum atomic E-state index is 0.0261. The molecule has 1 fully saturated rings. The van der Waals surface area contributed by atoms with Gasteiger partial charge < -0.3 is 5.32 Å². The Bertz CT molecular complexity index is 902. The minimum absolute atomic E-state index is 0.0261. The largest absolute Gasteiger partial charge is 0.352 e. The number of aryl methyl sites for hydroxylation is 2. The summed E-state index contributed by atoms with van der Waals surface area (Å²) >= 11 is 3.01. The zero-order chi connectivity index (χ0) is 18.3. The quantitative estimate of drug-likeness (QED) is 0.642. The van der Waals surface area contributed by atoms with Crippen LogP contribution in [0.15, 0.2) is 9.95 Å². The number of carbonyl (C=O) groups is 1. The van der Waals surface area contributed by atoms with Crippen molar-refractivity contribution >= 4 is 39.2 Å². The van der Waals surface area contributed by atoms with Gasteiger partial charge in [-0.3, -0.25) is 14.2 Å². The lowest BCUT2D eigenvalue weighted by Gasteiger charge is -2.29. The molecule has 2 aliphatic rings. The number of amides is 1. The predicted octanol–water partition coefficient (Wildman–Crippen LogP) is 3.27. The van der Waals surface area contributed by atoms with Crippen molar-refractivity contribution in [3.05, 3.63) is 20.8 Å². The normalized spacial score (nSPS) is 22.5. The smallest absolute Gasteiger partial charge is 0.262 e. The van der Waals surface area contributed by atoms with E-state index in [1.54, 1.807) is 23.0 Å². The molecule has 2 atom stereocenters. The first kappa shape index (κ1) is 18.0. The third-order valence-electron chi connectivity index (χ3n) is 5.70. The summed E-state index contributed by atoms with van der Waals surface area (Å²) in [4.78, 5) is 32.0. The second kappa shape index (κ2) is 7.35. The molecule has 1 N–H and O–H groups in total. The number of nitrogens with one attached hydrogen (secondary N) is 1. The first-order valence-corrected chi connectivity index (χ1v) is 11.3. The van der Waals surface area contributed by atoms with Crippen LogP contribution in [-0.4, -0.2) is 27.3 Å². The van der Waals surface area contributed by atoms with E-state index < -0.39 is 0 Å². The molecule has 26 heavy (non-hydrogen) atoms. The number of thiophene rings is 1. The summed E-state index contributed by atoms with van der Waals surface area (Å²) < 4.78 is 1.61. The lowest BCUT2D eigenvalue weighted by Crippen LogP contribution is -2.41. The van der Waals surface area contributed by atoms with E-state index in [0.29, 0.717) is 16.8 Å². The standard InChI is InChI=1S/C19H25N3O2S2/c1-11-6-3-4-8-13(11)20-15(23)10-25-19-21-17-16(18(24)22(19)2)12-7-5-9-14(12)26-17/h11,13H,3-10H2,1-2H3,(H,20,23)/t11-,13-/m1/s1. The van der Waals surface area contributed by atoms with Gasteiger partial charge in [-0.2, -0.15) is 0 Å². The number of aromatic nitrogens is 2. The van der Waals surface area contributed by atoms with Crippen molar-refractivity contribution in [2.75, 3.05) is 5.75 Å². The highest BCUT2D eigenvalue weighted by Crippen LogP contribution is 2.35. The third-order valence-corrected chi connectivity index (χ3v) is 7.91. The molecular formula is C19H25N3O2S2. The molecule has 0 radical (unpaired) electrons. The molecule has 1 amide bonds. The summed E-state index contributed by atoms with van der Waals surface area (Å²) in [6, 6.07) is 0.288. The van der Waals surface area contributed by atoms with Crippen LogP contribution in [0, 0.1) is 5.92 Å². The van der Waals surface area contributed by atoms with Gasteiger partial charge in [0.05, 0.1) is 11.1 Å². The Morgan fingerprint density at radius 2 is 2.12 bits per heavy atom. The maximum Gasteiger partial charge on any atom is 0.262 e. The molecule has 0 bridgehead atoms. The molecule has 140 valence electrons. The van der Waals surface area contributed by atoms with Crippen LogP contribution in [0.4, 0.5) is 0 Å². The van der Waals surface area contributed by atoms with Crippen molar-refractivity contribution < 1.29 is 4.79 Å². The second-order valence-corrected chi connectivity index (χ2v) is 9.55. The van der Waals surface area contributed by atoms with Crippen LogP contribution in [0.25, 0.3) is 10.2 Å². The van der Waals surface area contributed by atoms with E-state index in [9.17, 15) is 9.59 Å². The van der Waals surface area contributed by atoms with Gasteiger partial charge >= 0.3 is 0 Å². The van der Waals surface area contributed by atoms with Crippen molar-refractivity contribution in [1.29, 1.82) is 0 Å². The fraction of sp³-hybridized carbons (Fsp3) is 0.632. The summed E-state index contributed by atoms with van der Waals surface area (Å²) in [5.74, 6) is 0.891. The average molecular weight is 392 g/mol. The van der Waals surface area contributed by atoms with E-state index in [2.05, 4.69) is 12.2 Å². The van der Waals surface area contributed by atoms with Crippen LogP contribution < -0.4 is 10.9 Å². The zero-order valence-electron chi connectivity index (χ0n) is 15.3. The molecule has 2 aromatic rings. The number of carbonyl (C=O) groups excluding carboxylic acids is 1. The van der Waals surface area contributed by atoms with Crippen LogP contribution in [0.3, 0.4) is 0 Å². The van der Waals surface area contributed by atoms with Gasteiger partial charge in [0.1, 0.15) is 4.83 Å². The van der Waals surface area contributed by atoms with Crippen molar-refractivity contribution in [3.63, 3.8) is 0 Å². The van der Waals surface area contributed by atoms with E-state index >= 15 is 0 Å². The van der Waals surface area contributed by atoms with Gasteiger partial charge in [-0.15, -0.1) is 11.3 Å². The van der Waals surface area contributed by atoms with Gasteiger partial charge in [0.15, 0.2) is 5.16 Å². The molecule has 2 aliphatic carbocycles. The topological polar surface area (TPSA) is 64.0 Å². The fourth-order valence-electron chi connectivity index (χ4n) is 4.14. The van der Waals surface area contributed by atoms with E-state index in [0.717, 1.165) is 35.9 Å². The molecule has 7 heteroatoms. The summed E-state index contributed by atoms with van der Waals surface area (Å²) in [6.07, 6.45) is 7.90. The molecule has 2 aromatic heterocycles. The number of fused-ring (bicyclic) bond motifs is 3. The number of hydrogen-bond acceptors (Lipinski definition) is 5. The van der Waals surface area contributed by atoms with Gasteiger partial charge in [0.25, 0.3) is 5.56 Å². The molecule has 2 heterocycles. The van der Waals surface area contributed by atoms with Crippen LogP contribution in [0.5, 0.6) is 0 Å². The minimum Gasteiger partial charge on any atom is -0.352 e. The maximum absolute atomic E-state index is 12.8. The molecule has 0 spiro atoms. The van der Waals surface area contributed by atoms with Gasteiger partial charge in [-0.1, -0.05) is 31.5 Å². The van der Waals surface area contributed by atoms with E-state index in [4.69, 9.17) is 4.98 Å². The molecule has 4 rings (SSSR count). The molecule has 1 saturated carbocycles. The van der Waals surface area contributed by atoms with Gasteiger partial charge in [0, 0.05) is 18.0 Å². The maximum atomic E-state index is 12.8. The highest BCUT2D eigenvalue weighted by molar-refractivity contribution is 7.99. The van der Waals surface area contributed by atoms with Crippen molar-refractivity contribution in [3.8, 4) is 0 Å². The Morgan fingerprint density at radius 3 is 2.92 bits per heavy atom. The van der Waals surface area contributed by atoms with E-state index in [1.165, 1.54) is 41.5 Å². The van der Waals surface area contributed by atoms with E-state index in [1.807, 2.05) is 0 Å². The van der Waals surface area contributed by atoms with Crippen molar-refractivity contribution in [2.45, 2.75) is 63.1 Å². The first-order valence-electron chi connectivity index (χ1n) is 9.48. The molecule has 0 aromatic carbocycles. The Balaban J connectivity index is 1.48. The first-order chi connectivity index (χ1) is 12.5. The Kier molecular flexibility index (Phi) is 5.10. The Morgan fingerprint density at radius 1 is 1.31 bits per heavy atom. The van der Waals surface area contributed by atoms with Crippen LogP contribution in [0.1, 0.15) is 49.5 Å². The highest BCUT2D eigenvalue weighted by atomic mass is 32.2. The molecule has 0 aliphatic heterocycles. The summed E-state index contributed by atoms with van der Waals surface area (Å²) in [7, 11) is 1.76. The monoisotopic (exact) mass is 391 g/mol. The average Bonchev–Trinajstić information content (AvgIpc) is 3.19. The number of nitrogens with zero attached hydrogens (tertiary/aromatic N) is 2. The lowest BCUT2D eigenvalue weighted by atomic mass is 9.86. The van der Waals surface area contributed by atoms with Crippen LogP contribution in [0.2, 0.25) is 0 Å². The number of hydrogen-bond donors (Lipinski definition) is 1. The summed E-state index contributed by atoms with van der Waals surface area (Å²) in [5, 5.41) is 4.60. The summed E-state index contributed by atoms with van der Waals surface area (Å²) in [5.41, 5.74) is 1.23. The third kappa shape index (κ3) is 3.31. The fourth-order valence-corrected chi connectivity index (χ4v) is 6.23. The Labute approximate surface area is 161 Å². The van der Waals surface area contributed by atoms with E-state index in [-0.39, 0.29) is 17.5 Å². The van der Waals surface area contributed by atoms with Crippen molar-refractivity contribution in [1.82, 2.24) is 14.9 Å². The van der Waals surface area contributed by atoms with Crippen LogP contribution >= 0.6 is 23.1 Å². The zero-order valence-corrected chi connectivity index (χ0v) is 17.0. The molecule has 5 nitrogen and oxygen atoms in total. The lowest BCUT2D eigenvalue weighted by molar-refractivity contribution is -0.119. The predicted molar refractivity (Wildman–Crippen MR) is 107 cm³/mol. The Hall–Kier alpha value is -1.34. The van der Waals surface area contributed by atoms with Gasteiger partial charge in [0.2, 0.25) is 5.91 Å². The highest BCUT2D eigenvalue weighted by Gasteiger charge is 2.24. The molecule has 0 unspecified atom stereocenters. The number of thioether (sulfide) groups is 1.